The normalized spacial score (nSPS) is 10.3. The highest BCUT2D eigenvalue weighted by Crippen LogP contribution is 2.16. The van der Waals surface area contributed by atoms with Gasteiger partial charge in [0.1, 0.15) is 17.5 Å². The molecule has 0 saturated carbocycles. The van der Waals surface area contributed by atoms with E-state index in [2.05, 4.69) is 25.3 Å². The van der Waals surface area contributed by atoms with Crippen LogP contribution in [0.1, 0.15) is 22.8 Å². The van der Waals surface area contributed by atoms with Gasteiger partial charge in [0.15, 0.2) is 0 Å². The molecule has 8 heteroatoms. The van der Waals surface area contributed by atoms with Crippen LogP contribution in [-0.2, 0) is 13.2 Å². The average molecular weight is 273 g/mol. The number of nitrogens with two attached hydrogens (primary N) is 1. The zero-order valence-electron chi connectivity index (χ0n) is 11.0. The van der Waals surface area contributed by atoms with Gasteiger partial charge in [-0.25, -0.2) is 9.97 Å². The maximum absolute atomic E-state index is 9.01. The van der Waals surface area contributed by atoms with Crippen LogP contribution in [0.5, 0.6) is 0 Å². The van der Waals surface area contributed by atoms with E-state index in [1.807, 2.05) is 0 Å². The van der Waals surface area contributed by atoms with E-state index in [1.165, 1.54) is 6.20 Å². The molecule has 0 unspecified atom stereocenters. The van der Waals surface area contributed by atoms with Crippen molar-refractivity contribution < 1.29 is 5.11 Å². The molecule has 0 radical (unpaired) electrons. The van der Waals surface area contributed by atoms with Crippen LogP contribution < -0.4 is 11.1 Å². The minimum absolute atomic E-state index is 0.161. The third-order valence-electron chi connectivity index (χ3n) is 2.56. The second-order valence-electron chi connectivity index (χ2n) is 4.08. The number of nitrogen functional groups attached to an aromatic ring is 1. The smallest absolute Gasteiger partial charge is 0.141 e. The van der Waals surface area contributed by atoms with Gasteiger partial charge in [-0.2, -0.15) is 0 Å². The first-order valence-corrected chi connectivity index (χ1v) is 5.93. The molecule has 5 N–H and O–H groups in total. The van der Waals surface area contributed by atoms with E-state index >= 15 is 0 Å². The Hall–Kier alpha value is -2.61. The van der Waals surface area contributed by atoms with E-state index < -0.39 is 0 Å². The SMILES string of the molecule is Cc1nc(N)c(C=N)c(NCc2cncc(CO)n2)n1. The number of nitrogens with zero attached hydrogens (tertiary/aromatic N) is 4. The summed E-state index contributed by atoms with van der Waals surface area (Å²) >= 11 is 0. The lowest BCUT2D eigenvalue weighted by atomic mass is 10.3. The van der Waals surface area contributed by atoms with Crippen LogP contribution >= 0.6 is 0 Å². The minimum atomic E-state index is -0.161. The Morgan fingerprint density at radius 3 is 2.75 bits per heavy atom. The summed E-state index contributed by atoms with van der Waals surface area (Å²) in [6.45, 7) is 1.92. The van der Waals surface area contributed by atoms with Gasteiger partial charge in [0.05, 0.1) is 42.5 Å². The number of hydrogen-bond donors (Lipinski definition) is 4. The van der Waals surface area contributed by atoms with Gasteiger partial charge in [0.2, 0.25) is 0 Å². The fourth-order valence-corrected chi connectivity index (χ4v) is 1.67. The van der Waals surface area contributed by atoms with Gasteiger partial charge in [-0.05, 0) is 6.92 Å². The number of hydrogen-bond acceptors (Lipinski definition) is 8. The first kappa shape index (κ1) is 13.8. The summed E-state index contributed by atoms with van der Waals surface area (Å²) in [7, 11) is 0. The van der Waals surface area contributed by atoms with Crippen molar-refractivity contribution in [3.8, 4) is 0 Å². The summed E-state index contributed by atoms with van der Waals surface area (Å²) in [4.78, 5) is 16.4. The molecule has 0 bridgehead atoms. The second-order valence-corrected chi connectivity index (χ2v) is 4.08. The van der Waals surface area contributed by atoms with Crippen molar-refractivity contribution >= 4 is 17.9 Å². The van der Waals surface area contributed by atoms with Crippen molar-refractivity contribution in [2.24, 2.45) is 0 Å². The number of aromatic nitrogens is 4. The Morgan fingerprint density at radius 1 is 1.30 bits per heavy atom. The van der Waals surface area contributed by atoms with Gasteiger partial charge in [0, 0.05) is 6.21 Å². The van der Waals surface area contributed by atoms with Crippen LogP contribution in [0.15, 0.2) is 12.4 Å². The molecule has 0 aliphatic rings. The Morgan fingerprint density at radius 2 is 2.05 bits per heavy atom. The molecule has 2 aromatic heterocycles. The molecule has 0 amide bonds. The van der Waals surface area contributed by atoms with E-state index in [1.54, 1.807) is 13.1 Å². The molecule has 8 nitrogen and oxygen atoms in total. The molecule has 20 heavy (non-hydrogen) atoms. The third kappa shape index (κ3) is 3.04. The van der Waals surface area contributed by atoms with Crippen LogP contribution in [0, 0.1) is 12.3 Å². The summed E-state index contributed by atoms with van der Waals surface area (Å²) in [6.07, 6.45) is 4.19. The number of aryl methyl sites for hydroxylation is 1. The summed E-state index contributed by atoms with van der Waals surface area (Å²) < 4.78 is 0. The number of aliphatic hydroxyl groups excluding tert-OH is 1. The summed E-state index contributed by atoms with van der Waals surface area (Å²) in [5, 5.41) is 19.4. The second kappa shape index (κ2) is 6.02. The molecular formula is C12H15N7O. The highest BCUT2D eigenvalue weighted by molar-refractivity contribution is 5.89. The largest absolute Gasteiger partial charge is 0.390 e. The predicted octanol–water partition coefficient (Wildman–Crippen LogP) is 0.259. The molecule has 0 fully saturated rings. The number of anilines is 2. The first-order chi connectivity index (χ1) is 9.63. The topological polar surface area (TPSA) is 134 Å². The van der Waals surface area contributed by atoms with Gasteiger partial charge in [-0.3, -0.25) is 9.97 Å². The quantitative estimate of drug-likeness (QED) is 0.574. The van der Waals surface area contributed by atoms with Crippen LogP contribution in [0.2, 0.25) is 0 Å². The van der Waals surface area contributed by atoms with E-state index in [0.29, 0.717) is 35.1 Å². The molecule has 0 aliphatic heterocycles. The third-order valence-corrected chi connectivity index (χ3v) is 2.56. The Kier molecular flexibility index (Phi) is 4.16. The van der Waals surface area contributed by atoms with Crippen molar-refractivity contribution in [2.45, 2.75) is 20.1 Å². The zero-order chi connectivity index (χ0) is 14.5. The molecular weight excluding hydrogens is 258 g/mol. The maximum Gasteiger partial charge on any atom is 0.141 e. The molecule has 2 heterocycles. The van der Waals surface area contributed by atoms with E-state index in [-0.39, 0.29) is 12.4 Å². The molecule has 0 aromatic carbocycles. The molecule has 104 valence electrons. The van der Waals surface area contributed by atoms with Crippen molar-refractivity contribution in [3.05, 3.63) is 35.2 Å². The van der Waals surface area contributed by atoms with Gasteiger partial charge < -0.3 is 21.6 Å². The molecule has 0 aliphatic carbocycles. The average Bonchev–Trinajstić information content (AvgIpc) is 2.45. The highest BCUT2D eigenvalue weighted by Gasteiger charge is 2.09. The van der Waals surface area contributed by atoms with E-state index in [4.69, 9.17) is 16.2 Å². The maximum atomic E-state index is 9.01. The summed E-state index contributed by atoms with van der Waals surface area (Å²) in [5.41, 5.74) is 7.33. The lowest BCUT2D eigenvalue weighted by Crippen LogP contribution is -2.11. The Balaban J connectivity index is 2.20. The van der Waals surface area contributed by atoms with Crippen LogP contribution in [0.4, 0.5) is 11.6 Å². The summed E-state index contributed by atoms with van der Waals surface area (Å²) in [5.74, 6) is 1.25. The van der Waals surface area contributed by atoms with E-state index in [0.717, 1.165) is 6.21 Å². The first-order valence-electron chi connectivity index (χ1n) is 5.93. The van der Waals surface area contributed by atoms with E-state index in [9.17, 15) is 0 Å². The van der Waals surface area contributed by atoms with Crippen LogP contribution in [0.25, 0.3) is 0 Å². The molecule has 0 spiro atoms. The molecule has 0 atom stereocenters. The molecule has 0 saturated heterocycles. The lowest BCUT2D eigenvalue weighted by molar-refractivity contribution is 0.276. The predicted molar refractivity (Wildman–Crippen MR) is 74.3 cm³/mol. The number of nitrogens with one attached hydrogen (secondary N) is 2. The van der Waals surface area contributed by atoms with Crippen LogP contribution in [0.3, 0.4) is 0 Å². The monoisotopic (exact) mass is 273 g/mol. The molecule has 2 aromatic rings. The van der Waals surface area contributed by atoms with Gasteiger partial charge in [-0.1, -0.05) is 0 Å². The van der Waals surface area contributed by atoms with Crippen molar-refractivity contribution in [3.63, 3.8) is 0 Å². The van der Waals surface area contributed by atoms with Crippen molar-refractivity contribution in [2.75, 3.05) is 11.1 Å². The number of rotatable bonds is 5. The highest BCUT2D eigenvalue weighted by atomic mass is 16.3. The summed E-state index contributed by atoms with van der Waals surface area (Å²) in [6, 6.07) is 0. The Bertz CT molecular complexity index is 629. The lowest BCUT2D eigenvalue weighted by Gasteiger charge is -2.10. The van der Waals surface area contributed by atoms with Gasteiger partial charge >= 0.3 is 0 Å². The number of aliphatic hydroxyl groups is 1. The van der Waals surface area contributed by atoms with Crippen LogP contribution in [-0.4, -0.2) is 31.3 Å². The fraction of sp³-hybridized carbons (Fsp3) is 0.250. The molecule has 2 rings (SSSR count). The standard InChI is InChI=1S/C12H15N7O/c1-7-17-11(14)10(2-13)12(18-7)16-5-8-3-15-4-9(6-20)19-8/h2-4,13,20H,5-6H2,1H3,(H3,14,16,17,18). The van der Waals surface area contributed by atoms with Crippen molar-refractivity contribution in [1.29, 1.82) is 5.41 Å². The van der Waals surface area contributed by atoms with Gasteiger partial charge in [0.25, 0.3) is 0 Å². The Labute approximate surface area is 115 Å². The van der Waals surface area contributed by atoms with Gasteiger partial charge in [-0.15, -0.1) is 0 Å². The minimum Gasteiger partial charge on any atom is -0.390 e. The van der Waals surface area contributed by atoms with Crippen molar-refractivity contribution in [1.82, 2.24) is 19.9 Å². The zero-order valence-corrected chi connectivity index (χ0v) is 11.0. The fourth-order valence-electron chi connectivity index (χ4n) is 1.67.